The number of halogens is 1. The molecule has 5 nitrogen and oxygen atoms in total. The number of methoxy groups -OCH3 is 1. The number of fused-ring (bicyclic) bond motifs is 1. The molecular weight excluding hydrogens is 262 g/mol. The molecule has 2 N–H and O–H groups in total. The molecule has 0 fully saturated rings. The minimum absolute atomic E-state index is 0.370. The average molecular weight is 270 g/mol. The minimum Gasteiger partial charge on any atom is -0.453 e. The van der Waals surface area contributed by atoms with E-state index >= 15 is 0 Å². The lowest BCUT2D eigenvalue weighted by atomic mass is 10.3. The Labute approximate surface area is 94.0 Å². The Bertz CT molecular complexity index is 509. The van der Waals surface area contributed by atoms with Gasteiger partial charge in [-0.05, 0) is 18.2 Å². The number of hydrogen-bond acceptors (Lipinski definition) is 3. The standard InChI is InChI=1S/C9H8BrN3O2/c1-15-9(14)13-8-11-6-3-2-5(10)4-7(6)12-8/h2-4H,1H3,(H2,11,12,13,14). The van der Waals surface area contributed by atoms with E-state index in [9.17, 15) is 4.79 Å². The Kier molecular flexibility index (Phi) is 2.59. The van der Waals surface area contributed by atoms with Crippen LogP contribution in [0.25, 0.3) is 11.0 Å². The number of H-pyrrole nitrogens is 1. The normalized spacial score (nSPS) is 10.3. The van der Waals surface area contributed by atoms with Crippen molar-refractivity contribution in [3.05, 3.63) is 22.7 Å². The van der Waals surface area contributed by atoms with Crippen LogP contribution in [0.1, 0.15) is 0 Å². The molecular formula is C9H8BrN3O2. The molecule has 0 aliphatic heterocycles. The highest BCUT2D eigenvalue weighted by Crippen LogP contribution is 2.19. The number of carbonyl (C=O) groups is 1. The van der Waals surface area contributed by atoms with Crippen molar-refractivity contribution in [3.8, 4) is 0 Å². The van der Waals surface area contributed by atoms with Gasteiger partial charge in [-0.3, -0.25) is 5.32 Å². The van der Waals surface area contributed by atoms with Crippen molar-refractivity contribution in [1.82, 2.24) is 9.97 Å². The molecule has 0 unspecified atom stereocenters. The Morgan fingerprint density at radius 1 is 1.60 bits per heavy atom. The number of aromatic amines is 1. The van der Waals surface area contributed by atoms with Crippen molar-refractivity contribution in [2.24, 2.45) is 0 Å². The van der Waals surface area contributed by atoms with Gasteiger partial charge in [-0.15, -0.1) is 0 Å². The predicted molar refractivity (Wildman–Crippen MR) is 59.8 cm³/mol. The summed E-state index contributed by atoms with van der Waals surface area (Å²) in [6.07, 6.45) is -0.548. The maximum absolute atomic E-state index is 10.9. The first-order chi connectivity index (χ1) is 7.19. The van der Waals surface area contributed by atoms with Crippen LogP contribution in [0.15, 0.2) is 22.7 Å². The van der Waals surface area contributed by atoms with E-state index in [1.54, 1.807) is 0 Å². The summed E-state index contributed by atoms with van der Waals surface area (Å²) >= 11 is 3.35. The molecule has 2 rings (SSSR count). The third-order valence-electron chi connectivity index (χ3n) is 1.85. The van der Waals surface area contributed by atoms with E-state index in [1.807, 2.05) is 18.2 Å². The molecule has 0 saturated carbocycles. The van der Waals surface area contributed by atoms with Crippen molar-refractivity contribution in [2.75, 3.05) is 12.4 Å². The van der Waals surface area contributed by atoms with Crippen LogP contribution in [0.2, 0.25) is 0 Å². The largest absolute Gasteiger partial charge is 0.453 e. The van der Waals surface area contributed by atoms with E-state index in [-0.39, 0.29) is 0 Å². The maximum Gasteiger partial charge on any atom is 0.413 e. The Balaban J connectivity index is 2.34. The molecule has 0 aliphatic rings. The molecule has 0 aliphatic carbocycles. The first-order valence-corrected chi connectivity index (χ1v) is 4.98. The molecule has 1 aromatic heterocycles. The molecule has 1 amide bonds. The number of nitrogens with one attached hydrogen (secondary N) is 2. The fourth-order valence-corrected chi connectivity index (χ4v) is 1.55. The molecule has 2 aromatic rings. The fraction of sp³-hybridized carbons (Fsp3) is 0.111. The van der Waals surface area contributed by atoms with Crippen LogP contribution < -0.4 is 5.32 Å². The second-order valence-electron chi connectivity index (χ2n) is 2.86. The van der Waals surface area contributed by atoms with Crippen molar-refractivity contribution in [2.45, 2.75) is 0 Å². The summed E-state index contributed by atoms with van der Waals surface area (Å²) in [4.78, 5) is 18.0. The number of imidazole rings is 1. The van der Waals surface area contributed by atoms with E-state index in [0.717, 1.165) is 15.5 Å². The zero-order valence-corrected chi connectivity index (χ0v) is 9.46. The highest BCUT2D eigenvalue weighted by atomic mass is 79.9. The van der Waals surface area contributed by atoms with E-state index in [0.29, 0.717) is 5.95 Å². The van der Waals surface area contributed by atoms with Crippen molar-refractivity contribution in [3.63, 3.8) is 0 Å². The number of anilines is 1. The van der Waals surface area contributed by atoms with Gasteiger partial charge in [-0.1, -0.05) is 15.9 Å². The fourth-order valence-electron chi connectivity index (χ4n) is 1.19. The minimum atomic E-state index is -0.548. The lowest BCUT2D eigenvalue weighted by Gasteiger charge is -1.96. The van der Waals surface area contributed by atoms with Crippen LogP contribution in [-0.2, 0) is 4.74 Å². The predicted octanol–water partition coefficient (Wildman–Crippen LogP) is 2.50. The summed E-state index contributed by atoms with van der Waals surface area (Å²) in [5.41, 5.74) is 1.63. The Hall–Kier alpha value is -1.56. The molecule has 1 heterocycles. The van der Waals surface area contributed by atoms with Gasteiger partial charge in [0.25, 0.3) is 0 Å². The first kappa shape index (κ1) is 9.97. The van der Waals surface area contributed by atoms with Gasteiger partial charge in [-0.2, -0.15) is 0 Å². The van der Waals surface area contributed by atoms with Gasteiger partial charge in [-0.25, -0.2) is 9.78 Å². The number of rotatable bonds is 1. The number of benzene rings is 1. The third kappa shape index (κ3) is 2.10. The van der Waals surface area contributed by atoms with Gasteiger partial charge in [0, 0.05) is 4.47 Å². The van der Waals surface area contributed by atoms with E-state index < -0.39 is 6.09 Å². The quantitative estimate of drug-likeness (QED) is 0.836. The van der Waals surface area contributed by atoms with Crippen LogP contribution >= 0.6 is 15.9 Å². The summed E-state index contributed by atoms with van der Waals surface area (Å²) in [5, 5.41) is 2.46. The van der Waals surface area contributed by atoms with Crippen LogP contribution in [0.4, 0.5) is 10.7 Å². The first-order valence-electron chi connectivity index (χ1n) is 4.19. The molecule has 6 heteroatoms. The van der Waals surface area contributed by atoms with Crippen LogP contribution in [0.3, 0.4) is 0 Å². The van der Waals surface area contributed by atoms with Gasteiger partial charge in [0.1, 0.15) is 0 Å². The zero-order chi connectivity index (χ0) is 10.8. The van der Waals surface area contributed by atoms with Crippen LogP contribution in [0, 0.1) is 0 Å². The summed E-state index contributed by atoms with van der Waals surface area (Å²) in [5.74, 6) is 0.370. The average Bonchev–Trinajstić information content (AvgIpc) is 2.59. The lowest BCUT2D eigenvalue weighted by molar-refractivity contribution is 0.186. The number of nitrogens with zero attached hydrogens (tertiary/aromatic N) is 1. The number of hydrogen-bond donors (Lipinski definition) is 2. The lowest BCUT2D eigenvalue weighted by Crippen LogP contribution is -2.11. The van der Waals surface area contributed by atoms with Gasteiger partial charge in [0.05, 0.1) is 18.1 Å². The second kappa shape index (κ2) is 3.90. The highest BCUT2D eigenvalue weighted by molar-refractivity contribution is 9.10. The van der Waals surface area contributed by atoms with E-state index in [4.69, 9.17) is 0 Å². The van der Waals surface area contributed by atoms with Crippen molar-refractivity contribution in [1.29, 1.82) is 0 Å². The molecule has 15 heavy (non-hydrogen) atoms. The smallest absolute Gasteiger partial charge is 0.413 e. The topological polar surface area (TPSA) is 67.0 Å². The van der Waals surface area contributed by atoms with E-state index in [2.05, 4.69) is 36.0 Å². The van der Waals surface area contributed by atoms with Crippen molar-refractivity contribution < 1.29 is 9.53 Å². The monoisotopic (exact) mass is 269 g/mol. The third-order valence-corrected chi connectivity index (χ3v) is 2.34. The molecule has 0 saturated heterocycles. The summed E-state index contributed by atoms with van der Waals surface area (Å²) in [6, 6.07) is 5.61. The van der Waals surface area contributed by atoms with Crippen LogP contribution in [-0.4, -0.2) is 23.2 Å². The summed E-state index contributed by atoms with van der Waals surface area (Å²) in [7, 11) is 1.30. The maximum atomic E-state index is 10.9. The van der Waals surface area contributed by atoms with Gasteiger partial charge >= 0.3 is 6.09 Å². The van der Waals surface area contributed by atoms with Crippen LogP contribution in [0.5, 0.6) is 0 Å². The van der Waals surface area contributed by atoms with Gasteiger partial charge < -0.3 is 9.72 Å². The number of ether oxygens (including phenoxy) is 1. The highest BCUT2D eigenvalue weighted by Gasteiger charge is 2.06. The second-order valence-corrected chi connectivity index (χ2v) is 3.78. The molecule has 0 atom stereocenters. The van der Waals surface area contributed by atoms with E-state index in [1.165, 1.54) is 7.11 Å². The number of carbonyl (C=O) groups excluding carboxylic acids is 1. The SMILES string of the molecule is COC(=O)Nc1nc2ccc(Br)cc2[nH]1. The van der Waals surface area contributed by atoms with Gasteiger partial charge in [0.15, 0.2) is 0 Å². The Morgan fingerprint density at radius 3 is 3.13 bits per heavy atom. The molecule has 0 spiro atoms. The summed E-state index contributed by atoms with van der Waals surface area (Å²) < 4.78 is 5.40. The number of amides is 1. The zero-order valence-electron chi connectivity index (χ0n) is 7.87. The molecule has 0 bridgehead atoms. The molecule has 78 valence electrons. The van der Waals surface area contributed by atoms with Gasteiger partial charge in [0.2, 0.25) is 5.95 Å². The summed E-state index contributed by atoms with van der Waals surface area (Å²) in [6.45, 7) is 0. The van der Waals surface area contributed by atoms with Crippen molar-refractivity contribution >= 4 is 39.0 Å². The number of aromatic nitrogens is 2. The molecule has 1 aromatic carbocycles. The Morgan fingerprint density at radius 2 is 2.40 bits per heavy atom. The molecule has 0 radical (unpaired) electrons.